The Morgan fingerprint density at radius 2 is 0.351 bits per heavy atom. The zero-order valence-corrected chi connectivity index (χ0v) is 91.1. The summed E-state index contributed by atoms with van der Waals surface area (Å²) in [6, 6.07) is 53.8. The van der Waals surface area contributed by atoms with Crippen molar-refractivity contribution in [3.63, 3.8) is 0 Å². The topological polar surface area (TPSA) is 136 Å². The van der Waals surface area contributed by atoms with E-state index in [2.05, 4.69) is 455 Å². The fourth-order valence-electron chi connectivity index (χ4n) is 15.0. The molecule has 0 amide bonds. The first-order chi connectivity index (χ1) is 59.1. The molecular formula is C118H165BrN4O8. The highest BCUT2D eigenvalue weighted by atomic mass is 79.9. The van der Waals surface area contributed by atoms with Crippen molar-refractivity contribution < 1.29 is 38.1 Å². The summed E-state index contributed by atoms with van der Waals surface area (Å²) in [4.78, 5) is 60.9. The van der Waals surface area contributed by atoms with E-state index in [0.717, 1.165) is 101 Å². The summed E-state index contributed by atoms with van der Waals surface area (Å²) in [7, 11) is 5.58. The fraction of sp³-hybridized carbons (Fsp3) is 0.508. The second-order valence-corrected chi connectivity index (χ2v) is 51.5. The van der Waals surface area contributed by atoms with Crippen LogP contribution in [0.15, 0.2) is 156 Å². The number of benzene rings is 9. The normalized spacial score (nSPS) is 13.0. The van der Waals surface area contributed by atoms with Crippen LogP contribution in [0.3, 0.4) is 0 Å². The average Bonchev–Trinajstić information content (AvgIpc) is 0.727. The van der Waals surface area contributed by atoms with Gasteiger partial charge in [0.25, 0.3) is 0 Å². The van der Waals surface area contributed by atoms with E-state index in [9.17, 15) is 9.59 Å². The number of anilines is 10. The van der Waals surface area contributed by atoms with Crippen LogP contribution in [-0.4, -0.2) is 52.3 Å². The molecule has 0 aliphatic heterocycles. The summed E-state index contributed by atoms with van der Waals surface area (Å²) < 4.78 is 23.3. The van der Waals surface area contributed by atoms with Gasteiger partial charge in [-0.3, -0.25) is 0 Å². The number of ether oxygens (including phenoxy) is 4. The minimum Gasteiger partial charge on any atom is -0.465 e. The minimum atomic E-state index is -0.531. The maximum Gasteiger partial charge on any atom is 0.340 e. The van der Waals surface area contributed by atoms with Crippen LogP contribution >= 0.6 is 15.9 Å². The van der Waals surface area contributed by atoms with Crippen molar-refractivity contribution in [2.45, 2.75) is 367 Å². The van der Waals surface area contributed by atoms with Gasteiger partial charge in [0.1, 0.15) is 0 Å². The summed E-state index contributed by atoms with van der Waals surface area (Å²) in [5.74, 6) is -2.10. The molecule has 0 fully saturated rings. The molecule has 131 heavy (non-hydrogen) atoms. The van der Waals surface area contributed by atoms with Gasteiger partial charge in [0.05, 0.1) is 73.4 Å². The lowest BCUT2D eigenvalue weighted by Crippen LogP contribution is -2.24. The number of hydrogen-bond acceptors (Lipinski definition) is 12. The van der Waals surface area contributed by atoms with Crippen LogP contribution < -0.4 is 20.4 Å². The summed E-state index contributed by atoms with van der Waals surface area (Å²) in [5.41, 5.74) is 23.0. The Labute approximate surface area is 801 Å². The molecule has 0 spiro atoms. The number of hydrogen-bond donors (Lipinski definition) is 2. The molecule has 12 nitrogen and oxygen atoms in total. The molecule has 0 aromatic heterocycles. The Morgan fingerprint density at radius 1 is 0.206 bits per heavy atom. The van der Waals surface area contributed by atoms with Gasteiger partial charge in [-0.1, -0.05) is 349 Å². The molecule has 0 aliphatic rings. The van der Waals surface area contributed by atoms with Gasteiger partial charge in [-0.2, -0.15) is 0 Å². The number of nitrogens with zero attached hydrogens (tertiary/aromatic N) is 2. The smallest absolute Gasteiger partial charge is 0.340 e. The first kappa shape index (κ1) is 109. The van der Waals surface area contributed by atoms with Crippen molar-refractivity contribution in [3.8, 4) is 0 Å². The predicted octanol–water partition coefficient (Wildman–Crippen LogP) is 33.6. The van der Waals surface area contributed by atoms with Gasteiger partial charge in [-0.15, -0.1) is 0 Å². The molecule has 9 rings (SSSR count). The molecule has 712 valence electrons. The lowest BCUT2D eigenvalue weighted by molar-refractivity contribution is 0.0588. The van der Waals surface area contributed by atoms with E-state index in [0.29, 0.717) is 45.0 Å². The zero-order valence-electron chi connectivity index (χ0n) is 89.5. The number of esters is 4. The monoisotopic (exact) mass is 1850 g/mol. The molecular weight excluding hydrogens is 1680 g/mol. The third kappa shape index (κ3) is 27.9. The highest BCUT2D eigenvalue weighted by Crippen LogP contribution is 2.51. The lowest BCUT2D eigenvalue weighted by Gasteiger charge is -2.36. The second kappa shape index (κ2) is 38.9. The van der Waals surface area contributed by atoms with Gasteiger partial charge in [-0.05, 0) is 263 Å². The van der Waals surface area contributed by atoms with E-state index in [1.807, 2.05) is 12.1 Å². The molecule has 0 atom stereocenters. The van der Waals surface area contributed by atoms with Crippen molar-refractivity contribution in [2.24, 2.45) is 0 Å². The van der Waals surface area contributed by atoms with Gasteiger partial charge in [-0.25, -0.2) is 19.2 Å². The van der Waals surface area contributed by atoms with Crippen LogP contribution in [0.2, 0.25) is 0 Å². The number of carbonyl (C=O) groups is 4. The van der Waals surface area contributed by atoms with Gasteiger partial charge in [0, 0.05) is 38.6 Å². The predicted molar refractivity (Wildman–Crippen MR) is 563 cm³/mol. The maximum atomic E-state index is 15.1. The van der Waals surface area contributed by atoms with Crippen LogP contribution in [-0.2, 0) is 94.8 Å². The van der Waals surface area contributed by atoms with E-state index in [1.54, 1.807) is 12.1 Å². The van der Waals surface area contributed by atoms with Crippen LogP contribution in [0, 0.1) is 0 Å². The third-order valence-corrected chi connectivity index (χ3v) is 25.0. The number of nitrogens with one attached hydrogen (secondary N) is 2. The number of methoxy groups -OCH3 is 4. The van der Waals surface area contributed by atoms with Crippen molar-refractivity contribution in [2.75, 3.05) is 48.9 Å². The van der Waals surface area contributed by atoms with E-state index in [1.165, 1.54) is 44.0 Å². The van der Waals surface area contributed by atoms with Gasteiger partial charge < -0.3 is 39.4 Å². The fourth-order valence-corrected chi connectivity index (χ4v) is 15.5. The van der Waals surface area contributed by atoms with E-state index < -0.39 is 23.9 Å². The van der Waals surface area contributed by atoms with Crippen molar-refractivity contribution in [1.29, 1.82) is 0 Å². The Bertz CT molecular complexity index is 4970. The second-order valence-electron chi connectivity index (χ2n) is 50.6. The van der Waals surface area contributed by atoms with Crippen LogP contribution in [0.25, 0.3) is 0 Å². The molecule has 2 N–H and O–H groups in total. The van der Waals surface area contributed by atoms with E-state index >= 15 is 9.59 Å². The molecule has 0 radical (unpaired) electrons. The standard InChI is InChI=1S/C66H92N2O4.C38H52N2O4.C14H21Br/c1-59(2,3)41-27-42(60(4,5)6)32-49(31-41)67(50-33-43(61(7,8)9)28-44(34-50)62(10,11)12)55-39-54(58(70)72-26)56(40-53(55)57(69)71-25)68(51-35-45(63(13,14)15)29-46(36-51)64(16,17)18)52-37-47(65(19,20)21)30-48(38-52)66(22,23)24;1-35(2,3)23-15-24(36(4,5)6)18-27(17-23)39-31-21-30(34(42)44-14)32(22-29(31)33(41)43-13)40-28-19-25(37(7,8)9)16-26(20-28)38(10,11)12;1-13(2,3)10-7-11(14(4,5)6)9-12(15)8-10/h27-40H,1-26H3;15-22,39-40H,1-14H3;7-9H,1-6H3. The molecule has 0 saturated heterocycles. The first-order valence-electron chi connectivity index (χ1n) is 46.7. The van der Waals surface area contributed by atoms with Gasteiger partial charge in [0.15, 0.2) is 0 Å². The molecule has 0 aliphatic carbocycles. The number of carbonyl (C=O) groups excluding carboxylic acids is 4. The quantitative estimate of drug-likeness (QED) is 0.0792. The molecule has 0 unspecified atom stereocenters. The van der Waals surface area contributed by atoms with Crippen molar-refractivity contribution in [3.05, 3.63) is 256 Å². The molecule has 0 heterocycles. The average molecular weight is 1850 g/mol. The van der Waals surface area contributed by atoms with Gasteiger partial charge >= 0.3 is 23.9 Å². The van der Waals surface area contributed by atoms with Crippen LogP contribution in [0.5, 0.6) is 0 Å². The molecule has 0 saturated carbocycles. The molecule has 9 aromatic rings. The summed E-state index contributed by atoms with van der Waals surface area (Å²) in [6.07, 6.45) is 0. The zero-order chi connectivity index (χ0) is 100. The Morgan fingerprint density at radius 3 is 0.504 bits per heavy atom. The first-order valence-corrected chi connectivity index (χ1v) is 47.5. The SMILES string of the molecule is CC(C)(C)c1cc(Br)cc(C(C)(C)C)c1.COC(=O)c1cc(N(c2cc(C(C)(C)C)cc(C(C)(C)C)c2)c2cc(C(C)(C)C)cc(C(C)(C)C)c2)c(C(=O)OC)cc1N(c1cc(C(C)(C)C)cc(C(C)(C)C)c1)c1cc(C(C)(C)C)cc(C(C)(C)C)c1.COC(=O)c1cc(Nc2cc(C(C)(C)C)cc(C(C)(C)C)c2)c(C(=O)OC)cc1Nc1cc(C(C)(C)C)cc(C(C)(C)C)c1. The largest absolute Gasteiger partial charge is 0.465 e. The Balaban J connectivity index is 0.000000333. The van der Waals surface area contributed by atoms with Crippen LogP contribution in [0.4, 0.5) is 56.9 Å². The number of halogens is 1. The molecule has 9 aromatic carbocycles. The lowest BCUT2D eigenvalue weighted by atomic mass is 9.79. The van der Waals surface area contributed by atoms with E-state index in [-0.39, 0.29) is 75.8 Å². The Kier molecular flexibility index (Phi) is 32.2. The summed E-state index contributed by atoms with van der Waals surface area (Å²) >= 11 is 3.60. The maximum absolute atomic E-state index is 15.1. The molecule has 0 bridgehead atoms. The highest BCUT2D eigenvalue weighted by molar-refractivity contribution is 9.10. The summed E-state index contributed by atoms with van der Waals surface area (Å²) in [5, 5.41) is 6.89. The molecule has 13 heteroatoms. The van der Waals surface area contributed by atoms with Gasteiger partial charge in [0.2, 0.25) is 0 Å². The summed E-state index contributed by atoms with van der Waals surface area (Å²) in [6.45, 7) is 93.2. The highest BCUT2D eigenvalue weighted by Gasteiger charge is 2.37. The van der Waals surface area contributed by atoms with Crippen LogP contribution in [0.1, 0.15) is 410 Å². The van der Waals surface area contributed by atoms with Crippen molar-refractivity contribution >= 4 is 96.7 Å². The van der Waals surface area contributed by atoms with Crippen molar-refractivity contribution in [1.82, 2.24) is 0 Å². The number of rotatable bonds is 14. The third-order valence-electron chi connectivity index (χ3n) is 24.5. The Hall–Kier alpha value is -9.46. The minimum absolute atomic E-state index is 0.0959. The van der Waals surface area contributed by atoms with E-state index in [4.69, 9.17) is 18.9 Å².